The zero-order valence-corrected chi connectivity index (χ0v) is 13.3. The molecule has 1 saturated carbocycles. The molecule has 0 heterocycles. The van der Waals surface area contributed by atoms with Crippen molar-refractivity contribution in [2.45, 2.75) is 52.6 Å². The second kappa shape index (κ2) is 6.78. The third-order valence-corrected chi connectivity index (χ3v) is 3.98. The van der Waals surface area contributed by atoms with E-state index in [0.29, 0.717) is 31.4 Å². The van der Waals surface area contributed by atoms with Crippen molar-refractivity contribution >= 4 is 5.91 Å². The van der Waals surface area contributed by atoms with E-state index in [2.05, 4.69) is 23.2 Å². The fraction of sp³-hybridized carbons (Fsp3) is 0.647. The average Bonchev–Trinajstić information content (AvgIpc) is 3.24. The molecule has 21 heavy (non-hydrogen) atoms. The van der Waals surface area contributed by atoms with Crippen molar-refractivity contribution < 1.29 is 9.90 Å². The fourth-order valence-corrected chi connectivity index (χ4v) is 2.31. The summed E-state index contributed by atoms with van der Waals surface area (Å²) in [5, 5.41) is 22.8. The lowest BCUT2D eigenvalue weighted by atomic mass is 9.77. The molecular weight excluding hydrogens is 264 g/mol. The number of aliphatic hydroxyl groups is 1. The molecule has 1 aliphatic rings. The van der Waals surface area contributed by atoms with Crippen LogP contribution in [-0.4, -0.2) is 23.2 Å². The number of hydrogen-bond donors (Lipinski definition) is 2. The van der Waals surface area contributed by atoms with Gasteiger partial charge in [0.15, 0.2) is 0 Å². The highest BCUT2D eigenvalue weighted by molar-refractivity contribution is 5.88. The average molecular weight is 288 g/mol. The van der Waals surface area contributed by atoms with Gasteiger partial charge in [0, 0.05) is 18.2 Å². The minimum absolute atomic E-state index is 0.144. The molecule has 1 amide bonds. The van der Waals surface area contributed by atoms with Crippen LogP contribution in [0, 0.1) is 34.5 Å². The van der Waals surface area contributed by atoms with Crippen molar-refractivity contribution in [3.05, 3.63) is 11.6 Å². The highest BCUT2D eigenvalue weighted by atomic mass is 16.3. The molecule has 1 aliphatic carbocycles. The number of nitrogens with one attached hydrogen (secondary N) is 1. The number of amides is 1. The van der Waals surface area contributed by atoms with Crippen molar-refractivity contribution in [2.75, 3.05) is 6.54 Å². The molecule has 4 heteroatoms. The summed E-state index contributed by atoms with van der Waals surface area (Å²) in [5.74, 6) is 5.47. The van der Waals surface area contributed by atoms with Gasteiger partial charge in [-0.05, 0) is 32.1 Å². The number of rotatable bonds is 5. The Hall–Kier alpha value is -1.78. The van der Waals surface area contributed by atoms with Crippen LogP contribution in [0.4, 0.5) is 0 Å². The lowest BCUT2D eigenvalue weighted by Crippen LogP contribution is -2.42. The molecule has 114 valence electrons. The van der Waals surface area contributed by atoms with E-state index >= 15 is 0 Å². The third kappa shape index (κ3) is 3.65. The van der Waals surface area contributed by atoms with Gasteiger partial charge in [0.1, 0.15) is 5.60 Å². The summed E-state index contributed by atoms with van der Waals surface area (Å²) in [6.45, 7) is 8.05. The first-order chi connectivity index (χ1) is 9.85. The van der Waals surface area contributed by atoms with E-state index in [4.69, 9.17) is 0 Å². The van der Waals surface area contributed by atoms with Crippen LogP contribution in [0.1, 0.15) is 47.0 Å². The normalized spacial score (nSPS) is 19.0. The maximum atomic E-state index is 11.6. The second-order valence-corrected chi connectivity index (χ2v) is 5.78. The predicted molar refractivity (Wildman–Crippen MR) is 81.9 cm³/mol. The standard InChI is InChI=1S/C17H24N2O2/c1-5-14(11-15(20)19-6-2)7-8-17(21,13(3)4)16(12-18)9-10-16/h11,13,21H,5-6,9-10H2,1-4H3,(H,19,20)/b14-11-/t17-/m0/s1. The van der Waals surface area contributed by atoms with Crippen LogP contribution in [0.5, 0.6) is 0 Å². The number of nitriles is 1. The van der Waals surface area contributed by atoms with E-state index in [1.54, 1.807) is 0 Å². The Morgan fingerprint density at radius 1 is 1.48 bits per heavy atom. The summed E-state index contributed by atoms with van der Waals surface area (Å²) in [7, 11) is 0. The molecule has 0 unspecified atom stereocenters. The van der Waals surface area contributed by atoms with Crippen LogP contribution < -0.4 is 5.32 Å². The maximum Gasteiger partial charge on any atom is 0.244 e. The van der Waals surface area contributed by atoms with Crippen molar-refractivity contribution in [2.24, 2.45) is 11.3 Å². The topological polar surface area (TPSA) is 73.1 Å². The summed E-state index contributed by atoms with van der Waals surface area (Å²) < 4.78 is 0. The first-order valence-corrected chi connectivity index (χ1v) is 7.50. The summed E-state index contributed by atoms with van der Waals surface area (Å²) in [6.07, 6.45) is 3.42. The first-order valence-electron chi connectivity index (χ1n) is 7.50. The molecule has 0 aromatic carbocycles. The fourth-order valence-electron chi connectivity index (χ4n) is 2.31. The Morgan fingerprint density at radius 3 is 2.48 bits per heavy atom. The largest absolute Gasteiger partial charge is 0.376 e. The summed E-state index contributed by atoms with van der Waals surface area (Å²) in [4.78, 5) is 11.6. The number of carbonyl (C=O) groups is 1. The molecule has 0 saturated heterocycles. The Kier molecular flexibility index (Phi) is 5.58. The van der Waals surface area contributed by atoms with Gasteiger partial charge in [0.05, 0.1) is 11.5 Å². The van der Waals surface area contributed by atoms with E-state index in [-0.39, 0.29) is 11.8 Å². The summed E-state index contributed by atoms with van der Waals surface area (Å²) in [6, 6.07) is 2.23. The molecule has 0 aromatic heterocycles. The van der Waals surface area contributed by atoms with Crippen molar-refractivity contribution in [1.82, 2.24) is 5.32 Å². The van der Waals surface area contributed by atoms with Crippen molar-refractivity contribution in [1.29, 1.82) is 5.26 Å². The van der Waals surface area contributed by atoms with E-state index < -0.39 is 11.0 Å². The molecule has 4 nitrogen and oxygen atoms in total. The number of allylic oxidation sites excluding steroid dienone is 1. The highest BCUT2D eigenvalue weighted by Gasteiger charge is 2.60. The molecule has 1 atom stereocenters. The van der Waals surface area contributed by atoms with Crippen LogP contribution in [-0.2, 0) is 4.79 Å². The third-order valence-electron chi connectivity index (χ3n) is 3.98. The van der Waals surface area contributed by atoms with Crippen LogP contribution in [0.2, 0.25) is 0 Å². The predicted octanol–water partition coefficient (Wildman–Crippen LogP) is 2.15. The van der Waals surface area contributed by atoms with E-state index in [9.17, 15) is 15.2 Å². The van der Waals surface area contributed by atoms with Gasteiger partial charge in [-0.2, -0.15) is 5.26 Å². The first kappa shape index (κ1) is 17.3. The molecule has 0 radical (unpaired) electrons. The number of likely N-dealkylation sites (N-methyl/N-ethyl adjacent to an activating group) is 1. The quantitative estimate of drug-likeness (QED) is 0.601. The highest BCUT2D eigenvalue weighted by Crippen LogP contribution is 2.56. The smallest absolute Gasteiger partial charge is 0.244 e. The van der Waals surface area contributed by atoms with E-state index in [1.165, 1.54) is 6.08 Å². The summed E-state index contributed by atoms with van der Waals surface area (Å²) in [5.41, 5.74) is -1.41. The zero-order chi connectivity index (χ0) is 16.1. The van der Waals surface area contributed by atoms with Crippen LogP contribution >= 0.6 is 0 Å². The van der Waals surface area contributed by atoms with Gasteiger partial charge in [-0.15, -0.1) is 0 Å². The molecule has 1 rings (SSSR count). The Labute approximate surface area is 127 Å². The van der Waals surface area contributed by atoms with Gasteiger partial charge in [0.2, 0.25) is 5.91 Å². The Morgan fingerprint density at radius 2 is 2.10 bits per heavy atom. The monoisotopic (exact) mass is 288 g/mol. The SMILES string of the molecule is CCNC(=O)/C=C(\C#C[C@](O)(C(C)C)C1(C#N)CC1)CC. The van der Waals surface area contributed by atoms with E-state index in [1.807, 2.05) is 27.7 Å². The number of hydrogen-bond acceptors (Lipinski definition) is 3. The van der Waals surface area contributed by atoms with Gasteiger partial charge in [-0.25, -0.2) is 0 Å². The van der Waals surface area contributed by atoms with Crippen molar-refractivity contribution in [3.63, 3.8) is 0 Å². The lowest BCUT2D eigenvalue weighted by molar-refractivity contribution is -0.116. The summed E-state index contributed by atoms with van der Waals surface area (Å²) >= 11 is 0. The molecule has 2 N–H and O–H groups in total. The van der Waals surface area contributed by atoms with Gasteiger partial charge in [-0.1, -0.05) is 32.6 Å². The Balaban J connectivity index is 3.06. The Bertz CT molecular complexity index is 527. The lowest BCUT2D eigenvalue weighted by Gasteiger charge is -2.31. The number of nitrogens with zero attached hydrogens (tertiary/aromatic N) is 1. The zero-order valence-electron chi connectivity index (χ0n) is 13.3. The van der Waals surface area contributed by atoms with Gasteiger partial charge >= 0.3 is 0 Å². The maximum absolute atomic E-state index is 11.6. The molecule has 0 aromatic rings. The molecule has 0 spiro atoms. The second-order valence-electron chi connectivity index (χ2n) is 5.78. The van der Waals surface area contributed by atoms with E-state index in [0.717, 1.165) is 0 Å². The molecule has 0 aliphatic heterocycles. The number of carbonyl (C=O) groups excluding carboxylic acids is 1. The van der Waals surface area contributed by atoms with Gasteiger partial charge in [-0.3, -0.25) is 4.79 Å². The van der Waals surface area contributed by atoms with Crippen LogP contribution in [0.25, 0.3) is 0 Å². The molecule has 1 fully saturated rings. The molecular formula is C17H24N2O2. The minimum Gasteiger partial charge on any atom is -0.376 e. The van der Waals surface area contributed by atoms with Crippen LogP contribution in [0.15, 0.2) is 11.6 Å². The molecule has 0 bridgehead atoms. The van der Waals surface area contributed by atoms with Crippen molar-refractivity contribution in [3.8, 4) is 17.9 Å². The minimum atomic E-state index is -1.32. The van der Waals surface area contributed by atoms with Gasteiger partial charge in [0.25, 0.3) is 0 Å². The van der Waals surface area contributed by atoms with Gasteiger partial charge < -0.3 is 10.4 Å². The van der Waals surface area contributed by atoms with Crippen LogP contribution in [0.3, 0.4) is 0 Å².